The summed E-state index contributed by atoms with van der Waals surface area (Å²) in [6.45, 7) is 3.65. The highest BCUT2D eigenvalue weighted by molar-refractivity contribution is 5.89. The first-order valence-corrected chi connectivity index (χ1v) is 5.91. The van der Waals surface area contributed by atoms with E-state index in [0.29, 0.717) is 24.8 Å². The molecule has 0 heterocycles. The van der Waals surface area contributed by atoms with Crippen LogP contribution in [0.15, 0.2) is 30.3 Å². The van der Waals surface area contributed by atoms with E-state index in [1.54, 1.807) is 24.3 Å². The molecule has 3 heteroatoms. The lowest BCUT2D eigenvalue weighted by molar-refractivity contribution is -0.119. The average molecular weight is 234 g/mol. The van der Waals surface area contributed by atoms with E-state index in [2.05, 4.69) is 0 Å². The zero-order valence-electron chi connectivity index (χ0n) is 10.3. The molecular weight excluding hydrogens is 216 g/mol. The van der Waals surface area contributed by atoms with Crippen LogP contribution >= 0.6 is 0 Å². The molecule has 0 aliphatic rings. The van der Waals surface area contributed by atoms with Gasteiger partial charge in [-0.15, -0.1) is 0 Å². The highest BCUT2D eigenvalue weighted by Crippen LogP contribution is 2.08. The molecule has 0 spiro atoms. The fraction of sp³-hybridized carbons (Fsp3) is 0.429. The van der Waals surface area contributed by atoms with Crippen molar-refractivity contribution < 1.29 is 14.3 Å². The Morgan fingerprint density at radius 3 is 2.47 bits per heavy atom. The van der Waals surface area contributed by atoms with Crippen LogP contribution in [0.2, 0.25) is 0 Å². The van der Waals surface area contributed by atoms with Crippen LogP contribution in [0.5, 0.6) is 0 Å². The van der Waals surface area contributed by atoms with Gasteiger partial charge < -0.3 is 4.74 Å². The number of rotatable bonds is 6. The monoisotopic (exact) mass is 234 g/mol. The molecule has 1 aromatic carbocycles. The summed E-state index contributed by atoms with van der Waals surface area (Å²) >= 11 is 0. The zero-order valence-corrected chi connectivity index (χ0v) is 10.3. The van der Waals surface area contributed by atoms with Gasteiger partial charge in [-0.05, 0) is 25.5 Å². The van der Waals surface area contributed by atoms with Gasteiger partial charge in [0, 0.05) is 12.8 Å². The Morgan fingerprint density at radius 1 is 1.24 bits per heavy atom. The summed E-state index contributed by atoms with van der Waals surface area (Å²) in [5.41, 5.74) is 0.543. The van der Waals surface area contributed by atoms with E-state index in [1.165, 1.54) is 0 Å². The van der Waals surface area contributed by atoms with Gasteiger partial charge in [0.05, 0.1) is 11.7 Å². The lowest BCUT2D eigenvalue weighted by Crippen LogP contribution is -2.16. The van der Waals surface area contributed by atoms with Crippen molar-refractivity contribution in [2.75, 3.05) is 0 Å². The maximum Gasteiger partial charge on any atom is 0.338 e. The summed E-state index contributed by atoms with van der Waals surface area (Å²) < 4.78 is 5.24. The maximum atomic E-state index is 11.7. The third kappa shape index (κ3) is 4.81. The molecule has 0 N–H and O–H groups in total. The fourth-order valence-electron chi connectivity index (χ4n) is 1.42. The number of Topliss-reactive ketones (excluding diaryl/α,β-unsaturated/α-hetero) is 1. The first-order chi connectivity index (χ1) is 8.13. The molecule has 0 fully saturated rings. The number of hydrogen-bond donors (Lipinski definition) is 0. The van der Waals surface area contributed by atoms with Gasteiger partial charge in [0.15, 0.2) is 0 Å². The minimum atomic E-state index is -0.331. The van der Waals surface area contributed by atoms with Crippen LogP contribution in [-0.2, 0) is 9.53 Å². The smallest absolute Gasteiger partial charge is 0.338 e. The van der Waals surface area contributed by atoms with Crippen LogP contribution in [0.4, 0.5) is 0 Å². The van der Waals surface area contributed by atoms with Crippen molar-refractivity contribution in [3.05, 3.63) is 35.9 Å². The lowest BCUT2D eigenvalue weighted by atomic mass is 10.1. The Bertz CT molecular complexity index is 370. The Morgan fingerprint density at radius 2 is 1.88 bits per heavy atom. The predicted molar refractivity (Wildman–Crippen MR) is 65.9 cm³/mol. The van der Waals surface area contributed by atoms with Crippen LogP contribution in [0.1, 0.15) is 43.5 Å². The van der Waals surface area contributed by atoms with E-state index in [0.717, 1.165) is 0 Å². The molecule has 17 heavy (non-hydrogen) atoms. The third-order valence-corrected chi connectivity index (χ3v) is 2.54. The lowest BCUT2D eigenvalue weighted by Gasteiger charge is -2.12. The molecule has 0 amide bonds. The van der Waals surface area contributed by atoms with Crippen molar-refractivity contribution in [1.82, 2.24) is 0 Å². The summed E-state index contributed by atoms with van der Waals surface area (Å²) in [5.74, 6) is -0.130. The Kier molecular flexibility index (Phi) is 5.40. The largest absolute Gasteiger partial charge is 0.459 e. The topological polar surface area (TPSA) is 43.4 Å². The second-order valence-electron chi connectivity index (χ2n) is 4.01. The summed E-state index contributed by atoms with van der Waals surface area (Å²) in [6.07, 6.45) is 1.38. The van der Waals surface area contributed by atoms with Gasteiger partial charge in [0.1, 0.15) is 5.78 Å². The predicted octanol–water partition coefficient (Wildman–Crippen LogP) is 2.99. The number of ether oxygens (including phenoxy) is 1. The molecule has 0 aliphatic carbocycles. The second kappa shape index (κ2) is 6.84. The quantitative estimate of drug-likeness (QED) is 0.711. The Labute approximate surface area is 102 Å². The molecule has 0 aliphatic heterocycles. The molecule has 3 nitrogen and oxygen atoms in total. The normalized spacial score (nSPS) is 11.9. The van der Waals surface area contributed by atoms with Crippen molar-refractivity contribution in [3.63, 3.8) is 0 Å². The summed E-state index contributed by atoms with van der Waals surface area (Å²) in [6, 6.07) is 8.86. The molecule has 1 aromatic rings. The number of hydrogen-bond acceptors (Lipinski definition) is 3. The van der Waals surface area contributed by atoms with E-state index in [1.807, 2.05) is 19.9 Å². The van der Waals surface area contributed by atoms with Crippen LogP contribution in [0.25, 0.3) is 0 Å². The van der Waals surface area contributed by atoms with E-state index >= 15 is 0 Å². The fourth-order valence-corrected chi connectivity index (χ4v) is 1.42. The molecule has 1 rings (SSSR count). The number of carbonyl (C=O) groups excluding carboxylic acids is 2. The molecule has 1 unspecified atom stereocenters. The maximum absolute atomic E-state index is 11.7. The minimum absolute atomic E-state index is 0.201. The molecule has 0 aromatic heterocycles. The number of benzene rings is 1. The average Bonchev–Trinajstić information content (AvgIpc) is 2.36. The van der Waals surface area contributed by atoms with Gasteiger partial charge in [-0.1, -0.05) is 25.1 Å². The van der Waals surface area contributed by atoms with E-state index in [-0.39, 0.29) is 17.9 Å². The molecule has 0 bridgehead atoms. The summed E-state index contributed by atoms with van der Waals surface area (Å²) in [4.78, 5) is 22.8. The molecule has 0 saturated heterocycles. The first kappa shape index (κ1) is 13.4. The Balaban J connectivity index is 2.39. The second-order valence-corrected chi connectivity index (χ2v) is 4.01. The standard InChI is InChI=1S/C14H18O3/c1-3-13(15)10-9-11(2)17-14(16)12-7-5-4-6-8-12/h4-8,11H,3,9-10H2,1-2H3. The molecule has 0 saturated carbocycles. The third-order valence-electron chi connectivity index (χ3n) is 2.54. The highest BCUT2D eigenvalue weighted by atomic mass is 16.5. The van der Waals surface area contributed by atoms with Crippen molar-refractivity contribution in [2.24, 2.45) is 0 Å². The number of esters is 1. The van der Waals surface area contributed by atoms with Gasteiger partial charge in [0.25, 0.3) is 0 Å². The SMILES string of the molecule is CCC(=O)CCC(C)OC(=O)c1ccccc1. The molecule has 92 valence electrons. The Hall–Kier alpha value is -1.64. The molecule has 0 radical (unpaired) electrons. The van der Waals surface area contributed by atoms with E-state index < -0.39 is 0 Å². The molecule has 1 atom stereocenters. The minimum Gasteiger partial charge on any atom is -0.459 e. The van der Waals surface area contributed by atoms with Crippen molar-refractivity contribution in [2.45, 2.75) is 39.2 Å². The van der Waals surface area contributed by atoms with E-state index in [4.69, 9.17) is 4.74 Å². The van der Waals surface area contributed by atoms with E-state index in [9.17, 15) is 9.59 Å². The van der Waals surface area contributed by atoms with Gasteiger partial charge in [-0.2, -0.15) is 0 Å². The van der Waals surface area contributed by atoms with Crippen molar-refractivity contribution in [3.8, 4) is 0 Å². The van der Waals surface area contributed by atoms with Gasteiger partial charge >= 0.3 is 5.97 Å². The van der Waals surface area contributed by atoms with Gasteiger partial charge in [0.2, 0.25) is 0 Å². The van der Waals surface area contributed by atoms with Crippen molar-refractivity contribution in [1.29, 1.82) is 0 Å². The first-order valence-electron chi connectivity index (χ1n) is 5.91. The van der Waals surface area contributed by atoms with Gasteiger partial charge in [-0.25, -0.2) is 4.79 Å². The number of carbonyl (C=O) groups is 2. The summed E-state index contributed by atoms with van der Waals surface area (Å²) in [5, 5.41) is 0. The van der Waals surface area contributed by atoms with Crippen LogP contribution in [0.3, 0.4) is 0 Å². The summed E-state index contributed by atoms with van der Waals surface area (Å²) in [7, 11) is 0. The van der Waals surface area contributed by atoms with Crippen LogP contribution in [-0.4, -0.2) is 17.9 Å². The van der Waals surface area contributed by atoms with Gasteiger partial charge in [-0.3, -0.25) is 4.79 Å². The molecular formula is C14H18O3. The van der Waals surface area contributed by atoms with Crippen LogP contribution < -0.4 is 0 Å². The highest BCUT2D eigenvalue weighted by Gasteiger charge is 2.12. The number of ketones is 1. The zero-order chi connectivity index (χ0) is 12.7. The van der Waals surface area contributed by atoms with Crippen LogP contribution in [0, 0.1) is 0 Å². The van der Waals surface area contributed by atoms with Crippen molar-refractivity contribution >= 4 is 11.8 Å².